The Morgan fingerprint density at radius 1 is 1.16 bits per heavy atom. The number of carbonyl (C=O) groups is 2. The first-order chi connectivity index (χ1) is 15.0. The molecule has 1 unspecified atom stereocenters. The molecule has 0 radical (unpaired) electrons. The van der Waals surface area contributed by atoms with Crippen LogP contribution in [-0.2, 0) is 16.0 Å². The number of halogens is 2. The van der Waals surface area contributed by atoms with Gasteiger partial charge in [-0.25, -0.2) is 0 Å². The molecule has 7 heteroatoms. The first kappa shape index (κ1) is 22.6. The molecule has 2 amide bonds. The highest BCUT2D eigenvalue weighted by Gasteiger charge is 2.36. The lowest BCUT2D eigenvalue weighted by atomic mass is 9.93. The predicted molar refractivity (Wildman–Crippen MR) is 127 cm³/mol. The van der Waals surface area contributed by atoms with Crippen LogP contribution in [0.15, 0.2) is 29.6 Å². The predicted octanol–water partition coefficient (Wildman–Crippen LogP) is 5.96. The fourth-order valence-corrected chi connectivity index (χ4v) is 6.28. The van der Waals surface area contributed by atoms with E-state index in [1.165, 1.54) is 4.88 Å². The zero-order valence-corrected chi connectivity index (χ0v) is 20.1. The van der Waals surface area contributed by atoms with Gasteiger partial charge in [-0.15, -0.1) is 11.3 Å². The Balaban J connectivity index is 1.61. The van der Waals surface area contributed by atoms with Crippen molar-refractivity contribution < 1.29 is 9.59 Å². The minimum atomic E-state index is -0.252. The fourth-order valence-electron chi connectivity index (χ4n) is 4.87. The molecule has 1 fully saturated rings. The molecule has 31 heavy (non-hydrogen) atoms. The summed E-state index contributed by atoms with van der Waals surface area (Å²) in [6, 6.07) is 7.30. The maximum absolute atomic E-state index is 13.6. The highest BCUT2D eigenvalue weighted by atomic mass is 35.5. The Morgan fingerprint density at radius 3 is 2.65 bits per heavy atom. The van der Waals surface area contributed by atoms with Crippen molar-refractivity contribution >= 4 is 46.4 Å². The monoisotopic (exact) mass is 478 g/mol. The number of carbonyl (C=O) groups excluding carboxylic acids is 2. The van der Waals surface area contributed by atoms with Gasteiger partial charge < -0.3 is 9.80 Å². The Morgan fingerprint density at radius 2 is 1.94 bits per heavy atom. The maximum Gasteiger partial charge on any atom is 0.242 e. The Labute approximate surface area is 198 Å². The van der Waals surface area contributed by atoms with Gasteiger partial charge in [0.05, 0.1) is 12.6 Å². The Hall–Kier alpha value is -1.56. The van der Waals surface area contributed by atoms with Crippen molar-refractivity contribution in [3.63, 3.8) is 0 Å². The van der Waals surface area contributed by atoms with Gasteiger partial charge in [0.1, 0.15) is 0 Å². The third kappa shape index (κ3) is 4.79. The van der Waals surface area contributed by atoms with E-state index in [4.69, 9.17) is 23.2 Å². The first-order valence-electron chi connectivity index (χ1n) is 11.1. The lowest BCUT2D eigenvalue weighted by Crippen LogP contribution is -2.48. The number of thiophene rings is 1. The van der Waals surface area contributed by atoms with E-state index in [1.807, 2.05) is 24.0 Å². The minimum absolute atomic E-state index is 0.0207. The summed E-state index contributed by atoms with van der Waals surface area (Å²) in [5.74, 6) is 0.195. The van der Waals surface area contributed by atoms with Crippen LogP contribution in [0.25, 0.3) is 0 Å². The number of hydrogen-bond acceptors (Lipinski definition) is 3. The number of hydrogen-bond donors (Lipinski definition) is 0. The van der Waals surface area contributed by atoms with Crippen molar-refractivity contribution in [3.8, 4) is 0 Å². The highest BCUT2D eigenvalue weighted by Crippen LogP contribution is 2.41. The molecule has 1 aromatic carbocycles. The zero-order valence-electron chi connectivity index (χ0n) is 17.8. The summed E-state index contributed by atoms with van der Waals surface area (Å²) in [5.41, 5.74) is 2.00. The van der Waals surface area contributed by atoms with Crippen molar-refractivity contribution in [1.29, 1.82) is 0 Å². The van der Waals surface area contributed by atoms with E-state index < -0.39 is 0 Å². The quantitative estimate of drug-likeness (QED) is 0.513. The SMILES string of the molecule is CCCN(CC(=O)N1CCc2sccc2C1c1ccc(Cl)cc1Cl)C(=O)C1CCCC1. The van der Waals surface area contributed by atoms with Crippen LogP contribution in [0.3, 0.4) is 0 Å². The molecular formula is C24H28Cl2N2O2S. The molecule has 0 saturated heterocycles. The normalized spacial score (nSPS) is 18.8. The largest absolute Gasteiger partial charge is 0.333 e. The topological polar surface area (TPSA) is 40.6 Å². The molecule has 2 aromatic rings. The average Bonchev–Trinajstić information content (AvgIpc) is 3.44. The molecule has 1 aliphatic carbocycles. The van der Waals surface area contributed by atoms with Crippen molar-refractivity contribution in [2.45, 2.75) is 51.5 Å². The second kappa shape index (κ2) is 9.93. The van der Waals surface area contributed by atoms with Crippen molar-refractivity contribution in [1.82, 2.24) is 9.80 Å². The van der Waals surface area contributed by atoms with Gasteiger partial charge in [-0.3, -0.25) is 9.59 Å². The van der Waals surface area contributed by atoms with Gasteiger partial charge in [0, 0.05) is 33.9 Å². The zero-order chi connectivity index (χ0) is 22.0. The van der Waals surface area contributed by atoms with Gasteiger partial charge in [0.15, 0.2) is 0 Å². The number of benzene rings is 1. The summed E-state index contributed by atoms with van der Waals surface area (Å²) in [6.45, 7) is 3.41. The molecule has 1 aromatic heterocycles. The van der Waals surface area contributed by atoms with E-state index >= 15 is 0 Å². The molecule has 0 N–H and O–H groups in total. The molecule has 1 saturated carbocycles. The molecule has 1 atom stereocenters. The highest BCUT2D eigenvalue weighted by molar-refractivity contribution is 7.10. The molecule has 1 aliphatic heterocycles. The van der Waals surface area contributed by atoms with Crippen LogP contribution in [0.4, 0.5) is 0 Å². The van der Waals surface area contributed by atoms with Crippen molar-refractivity contribution in [2.24, 2.45) is 5.92 Å². The van der Waals surface area contributed by atoms with Crippen LogP contribution in [0.2, 0.25) is 10.0 Å². The van der Waals surface area contributed by atoms with E-state index in [-0.39, 0.29) is 30.3 Å². The Kier molecular flexibility index (Phi) is 7.25. The molecule has 2 heterocycles. The summed E-state index contributed by atoms with van der Waals surface area (Å²) < 4.78 is 0. The van der Waals surface area contributed by atoms with E-state index in [0.29, 0.717) is 23.1 Å². The summed E-state index contributed by atoms with van der Waals surface area (Å²) in [4.78, 5) is 31.6. The second-order valence-corrected chi connectivity index (χ2v) is 10.3. The van der Waals surface area contributed by atoms with Crippen LogP contribution in [0, 0.1) is 5.92 Å². The van der Waals surface area contributed by atoms with E-state index in [9.17, 15) is 9.59 Å². The van der Waals surface area contributed by atoms with Crippen molar-refractivity contribution in [3.05, 3.63) is 55.7 Å². The van der Waals surface area contributed by atoms with Gasteiger partial charge in [0.2, 0.25) is 11.8 Å². The van der Waals surface area contributed by atoms with E-state index in [0.717, 1.165) is 49.7 Å². The first-order valence-corrected chi connectivity index (χ1v) is 12.7. The van der Waals surface area contributed by atoms with Gasteiger partial charge in [-0.05, 0) is 60.4 Å². The third-order valence-corrected chi connectivity index (χ3v) is 7.94. The number of nitrogens with zero attached hydrogens (tertiary/aromatic N) is 2. The standard InChI is InChI=1S/C24H28Cl2N2O2S/c1-2-11-27(24(30)16-5-3-4-6-16)15-22(29)28-12-9-21-19(10-13-31-21)23(28)18-8-7-17(25)14-20(18)26/h7-8,10,13-14,16,23H,2-6,9,11-12,15H2,1H3. The van der Waals surface area contributed by atoms with Crippen LogP contribution in [0.1, 0.15) is 61.1 Å². The third-order valence-electron chi connectivity index (χ3n) is 6.38. The summed E-state index contributed by atoms with van der Waals surface area (Å²) >= 11 is 14.4. The molecular weight excluding hydrogens is 451 g/mol. The fraction of sp³-hybridized carbons (Fsp3) is 0.500. The van der Waals surface area contributed by atoms with E-state index in [2.05, 4.69) is 11.4 Å². The number of amides is 2. The van der Waals surface area contributed by atoms with Crippen LogP contribution < -0.4 is 0 Å². The summed E-state index contributed by atoms with van der Waals surface area (Å²) in [5, 5.41) is 3.20. The van der Waals surface area contributed by atoms with Gasteiger partial charge in [-0.1, -0.05) is 49.0 Å². The lowest BCUT2D eigenvalue weighted by molar-refractivity contribution is -0.144. The van der Waals surface area contributed by atoms with E-state index in [1.54, 1.807) is 22.3 Å². The minimum Gasteiger partial charge on any atom is -0.333 e. The van der Waals surface area contributed by atoms with Gasteiger partial charge >= 0.3 is 0 Å². The summed E-state index contributed by atoms with van der Waals surface area (Å²) in [7, 11) is 0. The smallest absolute Gasteiger partial charge is 0.242 e. The summed E-state index contributed by atoms with van der Waals surface area (Å²) in [6.07, 6.45) is 5.76. The maximum atomic E-state index is 13.6. The van der Waals surface area contributed by atoms with Gasteiger partial charge in [0.25, 0.3) is 0 Å². The van der Waals surface area contributed by atoms with Crippen molar-refractivity contribution in [2.75, 3.05) is 19.6 Å². The molecule has 166 valence electrons. The number of fused-ring (bicyclic) bond motifs is 1. The van der Waals surface area contributed by atoms with Crippen LogP contribution in [0.5, 0.6) is 0 Å². The molecule has 0 bridgehead atoms. The average molecular weight is 479 g/mol. The van der Waals surface area contributed by atoms with Crippen LogP contribution in [-0.4, -0.2) is 41.2 Å². The van der Waals surface area contributed by atoms with Gasteiger partial charge in [-0.2, -0.15) is 0 Å². The molecule has 4 nitrogen and oxygen atoms in total. The van der Waals surface area contributed by atoms with Crippen LogP contribution >= 0.6 is 34.5 Å². The lowest BCUT2D eigenvalue weighted by Gasteiger charge is -2.38. The molecule has 2 aliphatic rings. The molecule has 4 rings (SSSR count). The number of rotatable bonds is 6. The Bertz CT molecular complexity index is 955. The second-order valence-electron chi connectivity index (χ2n) is 8.45. The molecule has 0 spiro atoms.